The molecule has 0 amide bonds. The second-order valence-electron chi connectivity index (χ2n) is 5.10. The number of carbonyl (C=O) groups is 1. The van der Waals surface area contributed by atoms with Crippen LogP contribution in [0.1, 0.15) is 18.4 Å². The van der Waals surface area contributed by atoms with Gasteiger partial charge in [-0.05, 0) is 5.56 Å². The van der Waals surface area contributed by atoms with E-state index in [1.165, 1.54) is 0 Å². The summed E-state index contributed by atoms with van der Waals surface area (Å²) in [5.41, 5.74) is 1.15. The number of cyclic esters (lactones) is 1. The van der Waals surface area contributed by atoms with Crippen molar-refractivity contribution < 1.29 is 14.3 Å². The quantitative estimate of drug-likeness (QED) is 0.799. The maximum atomic E-state index is 11.8. The van der Waals surface area contributed by atoms with E-state index in [4.69, 9.17) is 9.47 Å². The lowest BCUT2D eigenvalue weighted by Crippen LogP contribution is -2.39. The molecule has 3 rings (SSSR count). The monoisotopic (exact) mass is 310 g/mol. The van der Waals surface area contributed by atoms with Crippen LogP contribution in [-0.4, -0.2) is 34.3 Å². The molecule has 1 aromatic carbocycles. The van der Waals surface area contributed by atoms with Gasteiger partial charge in [0.1, 0.15) is 6.10 Å². The standard InChI is InChI=1S/C15H18O3S2/c16-14-9-15(19-6-7-20-15)8-13(18-14)11-17-10-12-4-2-1-3-5-12/h1-5,13H,6-11H2/t13-/m1/s1. The Morgan fingerprint density at radius 3 is 2.75 bits per heavy atom. The molecule has 0 aromatic heterocycles. The molecule has 0 radical (unpaired) electrons. The van der Waals surface area contributed by atoms with Gasteiger partial charge in [-0.25, -0.2) is 0 Å². The summed E-state index contributed by atoms with van der Waals surface area (Å²) in [6.45, 7) is 1.06. The number of ether oxygens (including phenoxy) is 2. The lowest BCUT2D eigenvalue weighted by molar-refractivity contribution is -0.157. The highest BCUT2D eigenvalue weighted by molar-refractivity contribution is 8.21. The molecule has 2 fully saturated rings. The number of thioether (sulfide) groups is 2. The fourth-order valence-electron chi connectivity index (χ4n) is 2.60. The van der Waals surface area contributed by atoms with E-state index in [2.05, 4.69) is 0 Å². The summed E-state index contributed by atoms with van der Waals surface area (Å²) in [5.74, 6) is 2.19. The number of carbonyl (C=O) groups excluding carboxylic acids is 1. The molecule has 1 atom stereocenters. The minimum Gasteiger partial charge on any atom is -0.460 e. The van der Waals surface area contributed by atoms with Crippen molar-refractivity contribution in [1.82, 2.24) is 0 Å². The van der Waals surface area contributed by atoms with E-state index in [1.54, 1.807) is 0 Å². The van der Waals surface area contributed by atoms with Crippen LogP contribution in [0.3, 0.4) is 0 Å². The van der Waals surface area contributed by atoms with Crippen molar-refractivity contribution in [2.75, 3.05) is 18.1 Å². The lowest BCUT2D eigenvalue weighted by Gasteiger charge is -2.35. The maximum Gasteiger partial charge on any atom is 0.308 e. The van der Waals surface area contributed by atoms with Crippen LogP contribution in [0, 0.1) is 0 Å². The Balaban J connectivity index is 1.51. The molecule has 5 heteroatoms. The molecule has 108 valence electrons. The molecule has 2 heterocycles. The zero-order valence-corrected chi connectivity index (χ0v) is 12.9. The normalized spacial score (nSPS) is 24.8. The van der Waals surface area contributed by atoms with Gasteiger partial charge in [0.05, 0.1) is 23.7 Å². The first-order chi connectivity index (χ1) is 9.76. The second-order valence-corrected chi connectivity index (χ2v) is 8.32. The van der Waals surface area contributed by atoms with E-state index >= 15 is 0 Å². The maximum absolute atomic E-state index is 11.8. The van der Waals surface area contributed by atoms with E-state index in [-0.39, 0.29) is 16.2 Å². The summed E-state index contributed by atoms with van der Waals surface area (Å²) >= 11 is 3.82. The van der Waals surface area contributed by atoms with Gasteiger partial charge in [-0.3, -0.25) is 4.79 Å². The average Bonchev–Trinajstić information content (AvgIpc) is 2.87. The van der Waals surface area contributed by atoms with E-state index in [0.29, 0.717) is 19.6 Å². The van der Waals surface area contributed by atoms with Gasteiger partial charge >= 0.3 is 5.97 Å². The van der Waals surface area contributed by atoms with Crippen molar-refractivity contribution in [3.8, 4) is 0 Å². The van der Waals surface area contributed by atoms with Crippen molar-refractivity contribution in [2.45, 2.75) is 29.6 Å². The number of rotatable bonds is 4. The predicted octanol–water partition coefficient (Wildman–Crippen LogP) is 3.09. The highest BCUT2D eigenvalue weighted by Gasteiger charge is 2.44. The molecule has 3 nitrogen and oxygen atoms in total. The molecule has 20 heavy (non-hydrogen) atoms. The fourth-order valence-corrected chi connectivity index (χ4v) is 5.89. The lowest BCUT2D eigenvalue weighted by atomic mass is 10.1. The minimum atomic E-state index is -0.0990. The Labute approximate surface area is 127 Å². The van der Waals surface area contributed by atoms with E-state index < -0.39 is 0 Å². The number of hydrogen-bond acceptors (Lipinski definition) is 5. The third-order valence-electron chi connectivity index (χ3n) is 3.48. The molecule has 0 aliphatic carbocycles. The van der Waals surface area contributed by atoms with Crippen LogP contribution in [-0.2, 0) is 20.9 Å². The molecule has 2 aliphatic rings. The summed E-state index contributed by atoms with van der Waals surface area (Å²) < 4.78 is 11.2. The average molecular weight is 310 g/mol. The third kappa shape index (κ3) is 3.51. The van der Waals surface area contributed by atoms with Gasteiger partial charge in [-0.1, -0.05) is 30.3 Å². The molecule has 1 aromatic rings. The second kappa shape index (κ2) is 6.41. The van der Waals surface area contributed by atoms with Crippen LogP contribution >= 0.6 is 23.5 Å². The van der Waals surface area contributed by atoms with Crippen LogP contribution < -0.4 is 0 Å². The molecular weight excluding hydrogens is 292 g/mol. The van der Waals surface area contributed by atoms with Crippen molar-refractivity contribution in [3.63, 3.8) is 0 Å². The van der Waals surface area contributed by atoms with Crippen LogP contribution in [0.4, 0.5) is 0 Å². The molecule has 0 bridgehead atoms. The van der Waals surface area contributed by atoms with Crippen molar-refractivity contribution >= 4 is 29.5 Å². The number of esters is 1. The van der Waals surface area contributed by atoms with Gasteiger partial charge in [0.25, 0.3) is 0 Å². The first-order valence-electron chi connectivity index (χ1n) is 6.85. The van der Waals surface area contributed by atoms with Crippen molar-refractivity contribution in [3.05, 3.63) is 35.9 Å². The van der Waals surface area contributed by atoms with Crippen LogP contribution in [0.15, 0.2) is 30.3 Å². The summed E-state index contributed by atoms with van der Waals surface area (Å²) in [5, 5.41) is 0. The SMILES string of the molecule is O=C1CC2(C[C@H](COCc3ccccc3)O1)SCCS2. The summed E-state index contributed by atoms with van der Waals surface area (Å²) in [6.07, 6.45) is 1.35. The number of benzene rings is 1. The first kappa shape index (κ1) is 14.3. The van der Waals surface area contributed by atoms with E-state index in [1.807, 2.05) is 53.9 Å². The smallest absolute Gasteiger partial charge is 0.308 e. The number of hydrogen-bond donors (Lipinski definition) is 0. The van der Waals surface area contributed by atoms with Gasteiger partial charge in [-0.2, -0.15) is 0 Å². The Bertz CT molecular complexity index is 457. The summed E-state index contributed by atoms with van der Waals surface area (Å²) in [7, 11) is 0. The van der Waals surface area contributed by atoms with Gasteiger partial charge in [-0.15, -0.1) is 23.5 Å². The van der Waals surface area contributed by atoms with E-state index in [9.17, 15) is 4.79 Å². The summed E-state index contributed by atoms with van der Waals surface area (Å²) in [6, 6.07) is 10.1. The summed E-state index contributed by atoms with van der Waals surface area (Å²) in [4.78, 5) is 11.8. The molecule has 1 spiro atoms. The van der Waals surface area contributed by atoms with Crippen LogP contribution in [0.25, 0.3) is 0 Å². The Hall–Kier alpha value is -0.650. The van der Waals surface area contributed by atoms with Crippen molar-refractivity contribution in [2.24, 2.45) is 0 Å². The molecule has 0 saturated carbocycles. The molecular formula is C15H18O3S2. The molecule has 0 N–H and O–H groups in total. The topological polar surface area (TPSA) is 35.5 Å². The Morgan fingerprint density at radius 1 is 1.25 bits per heavy atom. The van der Waals surface area contributed by atoms with Gasteiger partial charge in [0.2, 0.25) is 0 Å². The highest BCUT2D eigenvalue weighted by Crippen LogP contribution is 2.51. The fraction of sp³-hybridized carbons (Fsp3) is 0.533. The minimum absolute atomic E-state index is 0.0517. The van der Waals surface area contributed by atoms with Gasteiger partial charge in [0.15, 0.2) is 0 Å². The van der Waals surface area contributed by atoms with Crippen LogP contribution in [0.5, 0.6) is 0 Å². The molecule has 2 saturated heterocycles. The predicted molar refractivity (Wildman–Crippen MR) is 82.9 cm³/mol. The largest absolute Gasteiger partial charge is 0.460 e. The van der Waals surface area contributed by atoms with E-state index in [0.717, 1.165) is 23.5 Å². The Morgan fingerprint density at radius 2 is 2.00 bits per heavy atom. The van der Waals surface area contributed by atoms with Crippen LogP contribution in [0.2, 0.25) is 0 Å². The zero-order chi connectivity index (χ0) is 13.8. The first-order valence-corrected chi connectivity index (χ1v) is 8.82. The zero-order valence-electron chi connectivity index (χ0n) is 11.2. The Kier molecular flexibility index (Phi) is 4.58. The third-order valence-corrected chi connectivity index (χ3v) is 6.94. The van der Waals surface area contributed by atoms with Gasteiger partial charge in [0, 0.05) is 17.9 Å². The molecule has 2 aliphatic heterocycles. The highest BCUT2D eigenvalue weighted by atomic mass is 32.2. The molecule has 0 unspecified atom stereocenters. The van der Waals surface area contributed by atoms with Crippen molar-refractivity contribution in [1.29, 1.82) is 0 Å². The van der Waals surface area contributed by atoms with Gasteiger partial charge < -0.3 is 9.47 Å².